The molecule has 1 unspecified atom stereocenters. The lowest BCUT2D eigenvalue weighted by molar-refractivity contribution is -0.154. The van der Waals surface area contributed by atoms with E-state index in [0.717, 1.165) is 0 Å². The van der Waals surface area contributed by atoms with E-state index in [4.69, 9.17) is 4.74 Å². The van der Waals surface area contributed by atoms with Gasteiger partial charge in [-0.3, -0.25) is 0 Å². The fourth-order valence-corrected chi connectivity index (χ4v) is 0.899. The van der Waals surface area contributed by atoms with Crippen LogP contribution in [0, 0.1) is 0 Å². The molecule has 0 amide bonds. The zero-order chi connectivity index (χ0) is 11.4. The van der Waals surface area contributed by atoms with Gasteiger partial charge in [0.1, 0.15) is 0 Å². The Bertz CT molecular complexity index is 323. The molecule has 0 saturated carbocycles. The van der Waals surface area contributed by atoms with Gasteiger partial charge in [-0.25, -0.2) is 9.59 Å². The Labute approximate surface area is 88.6 Å². The van der Waals surface area contributed by atoms with Crippen LogP contribution < -0.4 is 0 Å². The van der Waals surface area contributed by atoms with Crippen LogP contribution in [0.4, 0.5) is 0 Å². The smallest absolute Gasteiger partial charge is 0.341 e. The van der Waals surface area contributed by atoms with Crippen LogP contribution in [0.5, 0.6) is 0 Å². The topological polar surface area (TPSA) is 55.9 Å². The number of ether oxygens (including phenoxy) is 2. The first-order valence-corrected chi connectivity index (χ1v) is 4.73. The molecule has 0 radical (unpaired) electrons. The number of carbonyl (C=O) groups is 2. The second kappa shape index (κ2) is 4.89. The van der Waals surface area contributed by atoms with E-state index in [1.54, 1.807) is 19.9 Å². The summed E-state index contributed by atoms with van der Waals surface area (Å²) in [4.78, 5) is 22.5. The van der Waals surface area contributed by atoms with Crippen molar-refractivity contribution in [2.24, 2.45) is 0 Å². The highest BCUT2D eigenvalue weighted by atomic mass is 16.6. The van der Waals surface area contributed by atoms with Crippen molar-refractivity contribution in [3.8, 4) is 0 Å². The summed E-state index contributed by atoms with van der Waals surface area (Å²) in [6, 6.07) is 0. The van der Waals surface area contributed by atoms with Gasteiger partial charge in [-0.05, 0) is 13.8 Å². The Kier molecular flexibility index (Phi) is 3.80. The first kappa shape index (κ1) is 11.7. The van der Waals surface area contributed by atoms with Crippen LogP contribution in [0.15, 0.2) is 23.8 Å². The molecule has 0 N–H and O–H groups in total. The molecule has 4 nitrogen and oxygen atoms in total. The number of hydrogen-bond acceptors (Lipinski definition) is 4. The lowest BCUT2D eigenvalue weighted by Gasteiger charge is -2.03. The van der Waals surface area contributed by atoms with Crippen molar-refractivity contribution >= 4 is 11.9 Å². The molecule has 0 aromatic carbocycles. The molecule has 1 atom stereocenters. The molecule has 0 aromatic rings. The zero-order valence-corrected chi connectivity index (χ0v) is 8.91. The molecule has 0 aliphatic carbocycles. The molecule has 82 valence electrons. The third-order valence-electron chi connectivity index (χ3n) is 2.11. The number of carbonyl (C=O) groups excluding carboxylic acids is 2. The van der Waals surface area contributed by atoms with Gasteiger partial charge >= 0.3 is 11.9 Å². The van der Waals surface area contributed by atoms with Gasteiger partial charge in [-0.15, -0.1) is 0 Å². The maximum Gasteiger partial charge on any atom is 0.341 e. The Balaban J connectivity index is 2.40. The van der Waals surface area contributed by atoms with Crippen LogP contribution in [0.2, 0.25) is 0 Å². The van der Waals surface area contributed by atoms with E-state index in [2.05, 4.69) is 11.3 Å². The first-order chi connectivity index (χ1) is 7.04. The minimum absolute atomic E-state index is 0.0722. The molecule has 1 rings (SSSR count). The van der Waals surface area contributed by atoms with Crippen LogP contribution in [0.25, 0.3) is 0 Å². The highest BCUT2D eigenvalue weighted by Gasteiger charge is 2.26. The van der Waals surface area contributed by atoms with E-state index in [1.807, 2.05) is 0 Å². The van der Waals surface area contributed by atoms with Gasteiger partial charge in [-0.1, -0.05) is 12.7 Å². The van der Waals surface area contributed by atoms with Crippen LogP contribution in [0.1, 0.15) is 20.3 Å². The SMILES string of the molecule is C=C(CC1CO1)C(=O)OC(=O)C(C)=CC. The Morgan fingerprint density at radius 1 is 1.53 bits per heavy atom. The van der Waals surface area contributed by atoms with Gasteiger partial charge in [-0.2, -0.15) is 0 Å². The molecule has 4 heteroatoms. The number of esters is 2. The van der Waals surface area contributed by atoms with Crippen molar-refractivity contribution in [1.29, 1.82) is 0 Å². The maximum absolute atomic E-state index is 11.3. The molecular formula is C11H14O4. The van der Waals surface area contributed by atoms with Crippen LogP contribution in [-0.4, -0.2) is 24.6 Å². The molecule has 1 fully saturated rings. The predicted molar refractivity (Wildman–Crippen MR) is 54.0 cm³/mol. The summed E-state index contributed by atoms with van der Waals surface area (Å²) >= 11 is 0. The third-order valence-corrected chi connectivity index (χ3v) is 2.11. The van der Waals surface area contributed by atoms with Crippen molar-refractivity contribution in [3.63, 3.8) is 0 Å². The molecule has 1 heterocycles. The summed E-state index contributed by atoms with van der Waals surface area (Å²) in [5.41, 5.74) is 0.675. The molecule has 0 bridgehead atoms. The summed E-state index contributed by atoms with van der Waals surface area (Å²) in [7, 11) is 0. The highest BCUT2D eigenvalue weighted by Crippen LogP contribution is 2.18. The van der Waals surface area contributed by atoms with E-state index in [1.165, 1.54) is 0 Å². The quantitative estimate of drug-likeness (QED) is 0.304. The fraction of sp³-hybridized carbons (Fsp3) is 0.455. The minimum atomic E-state index is -0.670. The Morgan fingerprint density at radius 3 is 2.60 bits per heavy atom. The molecule has 1 saturated heterocycles. The highest BCUT2D eigenvalue weighted by molar-refractivity contribution is 6.01. The molecule has 15 heavy (non-hydrogen) atoms. The second-order valence-electron chi connectivity index (χ2n) is 3.41. The average molecular weight is 210 g/mol. The second-order valence-corrected chi connectivity index (χ2v) is 3.41. The number of epoxide rings is 1. The van der Waals surface area contributed by atoms with Crippen molar-refractivity contribution in [1.82, 2.24) is 0 Å². The van der Waals surface area contributed by atoms with Gasteiger partial charge in [0.2, 0.25) is 0 Å². The minimum Gasteiger partial charge on any atom is -0.386 e. The molecule has 1 aliphatic rings. The summed E-state index contributed by atoms with van der Waals surface area (Å²) < 4.78 is 9.53. The van der Waals surface area contributed by atoms with Gasteiger partial charge in [0, 0.05) is 17.6 Å². The van der Waals surface area contributed by atoms with Crippen LogP contribution in [0.3, 0.4) is 0 Å². The number of hydrogen-bond donors (Lipinski definition) is 0. The molecule has 0 spiro atoms. The van der Waals surface area contributed by atoms with Crippen molar-refractivity contribution < 1.29 is 19.1 Å². The maximum atomic E-state index is 11.3. The van der Waals surface area contributed by atoms with Crippen molar-refractivity contribution in [3.05, 3.63) is 23.8 Å². The van der Waals surface area contributed by atoms with Crippen LogP contribution >= 0.6 is 0 Å². The molecule has 0 aromatic heterocycles. The summed E-state index contributed by atoms with van der Waals surface area (Å²) in [5, 5.41) is 0. The van der Waals surface area contributed by atoms with E-state index in [-0.39, 0.29) is 11.7 Å². The summed E-state index contributed by atoms with van der Waals surface area (Å²) in [6.45, 7) is 7.48. The lowest BCUT2D eigenvalue weighted by Crippen LogP contribution is -2.15. The van der Waals surface area contributed by atoms with E-state index < -0.39 is 11.9 Å². The van der Waals surface area contributed by atoms with Crippen molar-refractivity contribution in [2.75, 3.05) is 6.61 Å². The molecule has 1 aliphatic heterocycles. The first-order valence-electron chi connectivity index (χ1n) is 4.73. The van der Waals surface area contributed by atoms with Crippen molar-refractivity contribution in [2.45, 2.75) is 26.4 Å². The van der Waals surface area contributed by atoms with E-state index >= 15 is 0 Å². The van der Waals surface area contributed by atoms with Gasteiger partial charge in [0.05, 0.1) is 12.7 Å². The zero-order valence-electron chi connectivity index (χ0n) is 8.91. The van der Waals surface area contributed by atoms with Crippen LogP contribution in [-0.2, 0) is 19.1 Å². The normalized spacial score (nSPS) is 19.6. The largest absolute Gasteiger partial charge is 0.386 e. The number of rotatable bonds is 4. The lowest BCUT2D eigenvalue weighted by atomic mass is 10.2. The number of allylic oxidation sites excluding steroid dienone is 1. The van der Waals surface area contributed by atoms with E-state index in [0.29, 0.717) is 18.6 Å². The summed E-state index contributed by atoms with van der Waals surface area (Å²) in [5.74, 6) is -1.29. The van der Waals surface area contributed by atoms with Gasteiger partial charge < -0.3 is 9.47 Å². The Morgan fingerprint density at radius 2 is 2.13 bits per heavy atom. The average Bonchev–Trinajstić information content (AvgIpc) is 3.00. The third kappa shape index (κ3) is 3.67. The standard InChI is InChI=1S/C11H14O4/c1-4-7(2)10(12)15-11(13)8(3)5-9-6-14-9/h4,9H,3,5-6H2,1-2H3. The Hall–Kier alpha value is -1.42. The molecular weight excluding hydrogens is 196 g/mol. The monoisotopic (exact) mass is 210 g/mol. The fourth-order valence-electron chi connectivity index (χ4n) is 0.899. The van der Waals surface area contributed by atoms with Gasteiger partial charge in [0.25, 0.3) is 0 Å². The van der Waals surface area contributed by atoms with E-state index in [9.17, 15) is 9.59 Å². The predicted octanol–water partition coefficient (Wildman–Crippen LogP) is 1.37. The summed E-state index contributed by atoms with van der Waals surface area (Å²) in [6.07, 6.45) is 2.09. The van der Waals surface area contributed by atoms with Gasteiger partial charge in [0.15, 0.2) is 0 Å².